The van der Waals surface area contributed by atoms with Crippen LogP contribution in [0.25, 0.3) is 0 Å². The van der Waals surface area contributed by atoms with Crippen molar-refractivity contribution < 1.29 is 4.79 Å². The van der Waals surface area contributed by atoms with Crippen molar-refractivity contribution in [2.75, 3.05) is 5.32 Å². The van der Waals surface area contributed by atoms with E-state index >= 15 is 0 Å². The Labute approximate surface area is 74.7 Å². The van der Waals surface area contributed by atoms with E-state index in [9.17, 15) is 4.79 Å². The number of allylic oxidation sites excluding steroid dienone is 1. The minimum atomic E-state index is 0.716. The SMILES string of the molecule is O=CC1=CNc2ccccc2S1. The number of carbonyl (C=O) groups is 1. The van der Waals surface area contributed by atoms with Crippen molar-refractivity contribution in [2.24, 2.45) is 0 Å². The van der Waals surface area contributed by atoms with E-state index in [1.165, 1.54) is 11.8 Å². The summed E-state index contributed by atoms with van der Waals surface area (Å²) >= 11 is 1.49. The molecule has 1 heterocycles. The number of para-hydroxylation sites is 1. The standard InChI is InChI=1S/C9H7NOS/c11-6-7-5-10-8-3-1-2-4-9(8)12-7/h1-6,10H. The van der Waals surface area contributed by atoms with Gasteiger partial charge in [-0.1, -0.05) is 23.9 Å². The Hall–Kier alpha value is -1.22. The second-order valence-electron chi connectivity index (χ2n) is 2.41. The number of thioether (sulfide) groups is 1. The Morgan fingerprint density at radius 1 is 1.33 bits per heavy atom. The summed E-state index contributed by atoms with van der Waals surface area (Å²) in [6, 6.07) is 7.90. The molecular weight excluding hydrogens is 170 g/mol. The van der Waals surface area contributed by atoms with E-state index in [1.807, 2.05) is 24.3 Å². The molecule has 0 bridgehead atoms. The second kappa shape index (κ2) is 3.03. The minimum absolute atomic E-state index is 0.716. The fraction of sp³-hybridized carbons (Fsp3) is 0. The molecule has 2 nitrogen and oxygen atoms in total. The van der Waals surface area contributed by atoms with Crippen LogP contribution in [0.2, 0.25) is 0 Å². The number of benzene rings is 1. The summed E-state index contributed by atoms with van der Waals surface area (Å²) in [5.74, 6) is 0. The molecule has 0 amide bonds. The highest BCUT2D eigenvalue weighted by Gasteiger charge is 2.08. The molecule has 0 aromatic heterocycles. The third-order valence-electron chi connectivity index (χ3n) is 1.60. The number of rotatable bonds is 1. The lowest BCUT2D eigenvalue weighted by molar-refractivity contribution is -0.104. The van der Waals surface area contributed by atoms with Gasteiger partial charge in [0.2, 0.25) is 0 Å². The predicted molar refractivity (Wildman–Crippen MR) is 50.1 cm³/mol. The first-order valence-electron chi connectivity index (χ1n) is 3.59. The van der Waals surface area contributed by atoms with E-state index in [-0.39, 0.29) is 0 Å². The maximum Gasteiger partial charge on any atom is 0.158 e. The van der Waals surface area contributed by atoms with Crippen molar-refractivity contribution in [2.45, 2.75) is 4.90 Å². The zero-order valence-corrected chi connectivity index (χ0v) is 7.10. The van der Waals surface area contributed by atoms with E-state index in [4.69, 9.17) is 0 Å². The Balaban J connectivity index is 2.36. The maximum absolute atomic E-state index is 10.4. The smallest absolute Gasteiger partial charge is 0.158 e. The zero-order valence-electron chi connectivity index (χ0n) is 6.28. The first kappa shape index (κ1) is 7.43. The number of fused-ring (bicyclic) bond motifs is 1. The third-order valence-corrected chi connectivity index (χ3v) is 2.63. The second-order valence-corrected chi connectivity index (χ2v) is 3.52. The molecule has 1 aromatic rings. The molecule has 0 spiro atoms. The molecule has 0 aliphatic carbocycles. The van der Waals surface area contributed by atoms with Gasteiger partial charge in [-0.2, -0.15) is 0 Å². The largest absolute Gasteiger partial charge is 0.360 e. The minimum Gasteiger partial charge on any atom is -0.360 e. The van der Waals surface area contributed by atoms with Gasteiger partial charge in [-0.25, -0.2) is 0 Å². The van der Waals surface area contributed by atoms with Crippen molar-refractivity contribution in [3.05, 3.63) is 35.4 Å². The van der Waals surface area contributed by atoms with E-state index in [0.29, 0.717) is 4.91 Å². The Morgan fingerprint density at radius 3 is 3.00 bits per heavy atom. The van der Waals surface area contributed by atoms with Crippen LogP contribution in [0.4, 0.5) is 5.69 Å². The van der Waals surface area contributed by atoms with Crippen LogP contribution in [0.3, 0.4) is 0 Å². The number of anilines is 1. The summed E-state index contributed by atoms with van der Waals surface area (Å²) in [4.78, 5) is 12.3. The average Bonchev–Trinajstić information content (AvgIpc) is 2.17. The third kappa shape index (κ3) is 1.23. The van der Waals surface area contributed by atoms with Gasteiger partial charge in [-0.3, -0.25) is 4.79 Å². The molecule has 60 valence electrons. The first-order chi connectivity index (χ1) is 5.90. The molecule has 0 saturated heterocycles. The van der Waals surface area contributed by atoms with Crippen LogP contribution in [0.5, 0.6) is 0 Å². The Bertz CT molecular complexity index is 346. The van der Waals surface area contributed by atoms with E-state index in [0.717, 1.165) is 16.9 Å². The average molecular weight is 177 g/mol. The Morgan fingerprint density at radius 2 is 2.17 bits per heavy atom. The van der Waals surface area contributed by atoms with Crippen LogP contribution in [-0.4, -0.2) is 6.29 Å². The van der Waals surface area contributed by atoms with Crippen molar-refractivity contribution in [3.63, 3.8) is 0 Å². The molecule has 0 saturated carbocycles. The molecule has 3 heteroatoms. The normalized spacial score (nSPS) is 14.2. The van der Waals surface area contributed by atoms with Crippen LogP contribution in [0.1, 0.15) is 0 Å². The summed E-state index contributed by atoms with van der Waals surface area (Å²) < 4.78 is 0. The topological polar surface area (TPSA) is 29.1 Å². The van der Waals surface area contributed by atoms with Crippen molar-refractivity contribution in [1.29, 1.82) is 0 Å². The van der Waals surface area contributed by atoms with Crippen LogP contribution in [0, 0.1) is 0 Å². The highest BCUT2D eigenvalue weighted by Crippen LogP contribution is 2.35. The van der Waals surface area contributed by atoms with Gasteiger partial charge in [0.25, 0.3) is 0 Å². The molecule has 1 aliphatic heterocycles. The molecule has 0 unspecified atom stereocenters. The predicted octanol–water partition coefficient (Wildman–Crippen LogP) is 2.24. The fourth-order valence-electron chi connectivity index (χ4n) is 1.04. The van der Waals surface area contributed by atoms with Crippen molar-refractivity contribution >= 4 is 23.7 Å². The lowest BCUT2D eigenvalue weighted by Gasteiger charge is -2.13. The van der Waals surface area contributed by atoms with Gasteiger partial charge in [0, 0.05) is 11.1 Å². The van der Waals surface area contributed by atoms with E-state index < -0.39 is 0 Å². The van der Waals surface area contributed by atoms with Crippen LogP contribution >= 0.6 is 11.8 Å². The number of carbonyl (C=O) groups excluding carboxylic acids is 1. The first-order valence-corrected chi connectivity index (χ1v) is 4.40. The lowest BCUT2D eigenvalue weighted by Crippen LogP contribution is -1.97. The quantitative estimate of drug-likeness (QED) is 0.667. The van der Waals surface area contributed by atoms with Gasteiger partial charge in [0.05, 0.1) is 10.6 Å². The molecule has 0 atom stereocenters. The summed E-state index contributed by atoms with van der Waals surface area (Å²) in [7, 11) is 0. The molecule has 2 rings (SSSR count). The molecule has 0 fully saturated rings. The number of nitrogens with one attached hydrogen (secondary N) is 1. The maximum atomic E-state index is 10.4. The molecular formula is C9H7NOS. The van der Waals surface area contributed by atoms with Gasteiger partial charge in [-0.05, 0) is 12.1 Å². The highest BCUT2D eigenvalue weighted by molar-refractivity contribution is 8.04. The highest BCUT2D eigenvalue weighted by atomic mass is 32.2. The summed E-state index contributed by atoms with van der Waals surface area (Å²) in [5.41, 5.74) is 1.06. The molecule has 0 radical (unpaired) electrons. The number of aldehydes is 1. The van der Waals surface area contributed by atoms with E-state index in [2.05, 4.69) is 5.32 Å². The Kier molecular flexibility index (Phi) is 1.87. The van der Waals surface area contributed by atoms with Crippen molar-refractivity contribution in [3.8, 4) is 0 Å². The number of hydrogen-bond donors (Lipinski definition) is 1. The van der Waals surface area contributed by atoms with Gasteiger partial charge in [0.1, 0.15) is 0 Å². The summed E-state index contributed by atoms with van der Waals surface area (Å²) in [5, 5.41) is 3.05. The summed E-state index contributed by atoms with van der Waals surface area (Å²) in [6.07, 6.45) is 2.58. The van der Waals surface area contributed by atoms with Gasteiger partial charge in [0.15, 0.2) is 6.29 Å². The molecule has 1 aliphatic rings. The fourth-order valence-corrected chi connectivity index (χ4v) is 1.84. The van der Waals surface area contributed by atoms with Crippen LogP contribution < -0.4 is 5.32 Å². The van der Waals surface area contributed by atoms with E-state index in [1.54, 1.807) is 6.20 Å². The summed E-state index contributed by atoms with van der Waals surface area (Å²) in [6.45, 7) is 0. The van der Waals surface area contributed by atoms with Crippen LogP contribution in [-0.2, 0) is 4.79 Å². The van der Waals surface area contributed by atoms with Gasteiger partial charge >= 0.3 is 0 Å². The van der Waals surface area contributed by atoms with Gasteiger partial charge in [-0.15, -0.1) is 0 Å². The molecule has 1 N–H and O–H groups in total. The number of hydrogen-bond acceptors (Lipinski definition) is 3. The molecule has 12 heavy (non-hydrogen) atoms. The van der Waals surface area contributed by atoms with Crippen molar-refractivity contribution in [1.82, 2.24) is 0 Å². The van der Waals surface area contributed by atoms with Crippen LogP contribution in [0.15, 0.2) is 40.3 Å². The van der Waals surface area contributed by atoms with Gasteiger partial charge < -0.3 is 5.32 Å². The monoisotopic (exact) mass is 177 g/mol. The molecule has 1 aromatic carbocycles. The lowest BCUT2D eigenvalue weighted by atomic mass is 10.3. The zero-order chi connectivity index (χ0) is 8.39.